The zero-order valence-electron chi connectivity index (χ0n) is 9.00. The minimum atomic E-state index is 0. The van der Waals surface area contributed by atoms with Crippen molar-refractivity contribution in [1.82, 2.24) is 0 Å². The van der Waals surface area contributed by atoms with E-state index < -0.39 is 0 Å². The fraction of sp³-hybridized carbons (Fsp3) is 0.455. The third-order valence-electron chi connectivity index (χ3n) is 2.56. The molecule has 0 fully saturated rings. The van der Waals surface area contributed by atoms with Gasteiger partial charge >= 0.3 is 0 Å². The summed E-state index contributed by atoms with van der Waals surface area (Å²) in [5.74, 6) is 1.77. The van der Waals surface area contributed by atoms with Crippen LogP contribution in [-0.2, 0) is 6.42 Å². The Morgan fingerprint density at radius 2 is 2.00 bits per heavy atom. The van der Waals surface area contributed by atoms with Crippen molar-refractivity contribution >= 4 is 18.1 Å². The van der Waals surface area contributed by atoms with Crippen molar-refractivity contribution in [2.45, 2.75) is 12.8 Å². The highest BCUT2D eigenvalue weighted by atomic mass is 35.5. The van der Waals surface area contributed by atoms with Crippen LogP contribution in [0.15, 0.2) is 12.1 Å². The van der Waals surface area contributed by atoms with Crippen molar-refractivity contribution < 1.29 is 9.47 Å². The predicted octanol–water partition coefficient (Wildman–Crippen LogP) is 2.48. The van der Waals surface area contributed by atoms with Crippen molar-refractivity contribution in [3.63, 3.8) is 0 Å². The number of rotatable bonds is 2. The maximum absolute atomic E-state index is 5.34. The summed E-state index contributed by atoms with van der Waals surface area (Å²) in [6.45, 7) is 1.03. The van der Waals surface area contributed by atoms with E-state index in [-0.39, 0.29) is 12.4 Å². The Hall–Kier alpha value is -1.09. The fourth-order valence-electron chi connectivity index (χ4n) is 1.82. The minimum absolute atomic E-state index is 0. The average Bonchev–Trinajstić information content (AvgIpc) is 2.27. The number of benzene rings is 1. The lowest BCUT2D eigenvalue weighted by Crippen LogP contribution is -2.12. The van der Waals surface area contributed by atoms with Crippen LogP contribution >= 0.6 is 12.4 Å². The second-order valence-corrected chi connectivity index (χ2v) is 3.39. The fourth-order valence-corrected chi connectivity index (χ4v) is 1.82. The molecule has 0 amide bonds. The van der Waals surface area contributed by atoms with E-state index in [1.807, 2.05) is 12.1 Å². The van der Waals surface area contributed by atoms with Gasteiger partial charge in [0.2, 0.25) is 0 Å². The first-order valence-electron chi connectivity index (χ1n) is 4.84. The molecule has 0 bridgehead atoms. The van der Waals surface area contributed by atoms with E-state index in [2.05, 4.69) is 5.32 Å². The minimum Gasteiger partial charge on any atom is -0.497 e. The molecular formula is C11H16ClNO2. The first-order valence-corrected chi connectivity index (χ1v) is 4.84. The first-order chi connectivity index (χ1) is 6.85. The van der Waals surface area contributed by atoms with Gasteiger partial charge in [0.05, 0.1) is 14.2 Å². The zero-order valence-corrected chi connectivity index (χ0v) is 9.82. The van der Waals surface area contributed by atoms with E-state index in [9.17, 15) is 0 Å². The molecule has 1 aromatic carbocycles. The van der Waals surface area contributed by atoms with E-state index in [4.69, 9.17) is 9.47 Å². The van der Waals surface area contributed by atoms with Crippen molar-refractivity contribution in [2.24, 2.45) is 0 Å². The molecule has 1 aromatic rings. The lowest BCUT2D eigenvalue weighted by atomic mass is 10.0. The third-order valence-corrected chi connectivity index (χ3v) is 2.56. The van der Waals surface area contributed by atoms with Crippen molar-refractivity contribution in [2.75, 3.05) is 26.1 Å². The van der Waals surface area contributed by atoms with Gasteiger partial charge in [0.25, 0.3) is 0 Å². The number of methoxy groups -OCH3 is 2. The van der Waals surface area contributed by atoms with Gasteiger partial charge in [0.1, 0.15) is 11.5 Å². The van der Waals surface area contributed by atoms with E-state index >= 15 is 0 Å². The van der Waals surface area contributed by atoms with Crippen LogP contribution in [0.3, 0.4) is 0 Å². The van der Waals surface area contributed by atoms with Crippen molar-refractivity contribution in [3.05, 3.63) is 17.7 Å². The van der Waals surface area contributed by atoms with Gasteiger partial charge in [-0.2, -0.15) is 0 Å². The van der Waals surface area contributed by atoms with Crippen molar-refractivity contribution in [1.29, 1.82) is 0 Å². The highest BCUT2D eigenvalue weighted by Crippen LogP contribution is 2.35. The molecule has 0 aliphatic carbocycles. The van der Waals surface area contributed by atoms with Gasteiger partial charge in [-0.1, -0.05) is 0 Å². The van der Waals surface area contributed by atoms with Gasteiger partial charge in [0.15, 0.2) is 0 Å². The summed E-state index contributed by atoms with van der Waals surface area (Å²) in [5, 5.41) is 3.35. The maximum atomic E-state index is 5.34. The smallest absolute Gasteiger partial charge is 0.127 e. The summed E-state index contributed by atoms with van der Waals surface area (Å²) >= 11 is 0. The van der Waals surface area contributed by atoms with E-state index in [1.165, 1.54) is 5.56 Å². The highest BCUT2D eigenvalue weighted by Gasteiger charge is 2.14. The average molecular weight is 230 g/mol. The molecule has 3 nitrogen and oxygen atoms in total. The molecule has 0 unspecified atom stereocenters. The van der Waals surface area contributed by atoms with E-state index in [0.29, 0.717) is 0 Å². The number of hydrogen-bond acceptors (Lipinski definition) is 3. The topological polar surface area (TPSA) is 30.5 Å². The molecule has 0 radical (unpaired) electrons. The molecule has 0 saturated heterocycles. The summed E-state index contributed by atoms with van der Waals surface area (Å²) < 4.78 is 10.5. The van der Waals surface area contributed by atoms with Gasteiger partial charge in [-0.3, -0.25) is 0 Å². The van der Waals surface area contributed by atoms with Crippen LogP contribution in [0.4, 0.5) is 5.69 Å². The van der Waals surface area contributed by atoms with Crippen LogP contribution < -0.4 is 14.8 Å². The molecule has 0 atom stereocenters. The lowest BCUT2D eigenvalue weighted by molar-refractivity contribution is 0.390. The Balaban J connectivity index is 0.00000112. The van der Waals surface area contributed by atoms with Gasteiger partial charge in [-0.05, 0) is 12.8 Å². The van der Waals surface area contributed by atoms with Gasteiger partial charge < -0.3 is 14.8 Å². The second kappa shape index (κ2) is 5.12. The van der Waals surface area contributed by atoms with Gasteiger partial charge in [-0.15, -0.1) is 12.4 Å². The molecule has 15 heavy (non-hydrogen) atoms. The lowest BCUT2D eigenvalue weighted by Gasteiger charge is -2.21. The SMILES string of the molecule is COc1cc2c(c(OC)c1)CCCN2.Cl. The number of anilines is 1. The Morgan fingerprint density at radius 1 is 1.20 bits per heavy atom. The molecule has 4 heteroatoms. The predicted molar refractivity (Wildman–Crippen MR) is 63.6 cm³/mol. The van der Waals surface area contributed by atoms with Crippen molar-refractivity contribution in [3.8, 4) is 11.5 Å². The molecular weight excluding hydrogens is 214 g/mol. The summed E-state index contributed by atoms with van der Waals surface area (Å²) in [6, 6.07) is 3.96. The Kier molecular flexibility index (Phi) is 4.09. The molecule has 0 spiro atoms. The number of nitrogens with one attached hydrogen (secondary N) is 1. The molecule has 1 aliphatic heterocycles. The zero-order chi connectivity index (χ0) is 9.97. The van der Waals surface area contributed by atoms with Crippen LogP contribution in [0.25, 0.3) is 0 Å². The summed E-state index contributed by atoms with van der Waals surface area (Å²) in [7, 11) is 3.37. The second-order valence-electron chi connectivity index (χ2n) is 3.39. The Bertz CT molecular complexity index is 324. The molecule has 0 aromatic heterocycles. The number of ether oxygens (including phenoxy) is 2. The molecule has 1 N–H and O–H groups in total. The summed E-state index contributed by atoms with van der Waals surface area (Å²) in [4.78, 5) is 0. The molecule has 1 heterocycles. The van der Waals surface area contributed by atoms with Crippen LogP contribution in [0.5, 0.6) is 11.5 Å². The molecule has 1 aliphatic rings. The van der Waals surface area contributed by atoms with Gasteiger partial charge in [-0.25, -0.2) is 0 Å². The monoisotopic (exact) mass is 229 g/mol. The molecule has 2 rings (SSSR count). The number of hydrogen-bond donors (Lipinski definition) is 1. The van der Waals surface area contributed by atoms with Gasteiger partial charge in [0, 0.05) is 29.9 Å². The maximum Gasteiger partial charge on any atom is 0.127 e. The number of fused-ring (bicyclic) bond motifs is 1. The summed E-state index contributed by atoms with van der Waals surface area (Å²) in [6.07, 6.45) is 2.24. The standard InChI is InChI=1S/C11H15NO2.ClH/c1-13-8-6-10-9(4-3-5-12-10)11(7-8)14-2;/h6-7,12H,3-5H2,1-2H3;1H. The Labute approximate surface area is 96.2 Å². The largest absolute Gasteiger partial charge is 0.497 e. The number of halogens is 1. The normalized spacial score (nSPS) is 13.2. The Morgan fingerprint density at radius 3 is 2.67 bits per heavy atom. The van der Waals surface area contributed by atoms with E-state index in [0.717, 1.165) is 36.6 Å². The van der Waals surface area contributed by atoms with Crippen LogP contribution in [0.2, 0.25) is 0 Å². The van der Waals surface area contributed by atoms with E-state index in [1.54, 1.807) is 14.2 Å². The van der Waals surface area contributed by atoms with Crippen LogP contribution in [0, 0.1) is 0 Å². The molecule has 84 valence electrons. The van der Waals surface area contributed by atoms with Crippen LogP contribution in [-0.4, -0.2) is 20.8 Å². The summed E-state index contributed by atoms with van der Waals surface area (Å²) in [5.41, 5.74) is 2.41. The first kappa shape index (κ1) is 12.0. The quantitative estimate of drug-likeness (QED) is 0.845. The third kappa shape index (κ3) is 2.29. The molecule has 0 saturated carbocycles. The highest BCUT2D eigenvalue weighted by molar-refractivity contribution is 5.85. The van der Waals surface area contributed by atoms with Crippen LogP contribution in [0.1, 0.15) is 12.0 Å².